The first-order valence-corrected chi connectivity index (χ1v) is 9.71. The third kappa shape index (κ3) is 4.43. The SMILES string of the molecule is N#Cc1ccc(Nc2nc(Cc3c(Cl)cccc3Cl)nc(N3CCC(=O)O3)n2)cc1. The van der Waals surface area contributed by atoms with Crippen molar-refractivity contribution in [2.45, 2.75) is 12.8 Å². The van der Waals surface area contributed by atoms with Crippen LogP contribution in [-0.4, -0.2) is 27.5 Å². The Kier molecular flexibility index (Phi) is 5.65. The molecule has 2 heterocycles. The number of rotatable bonds is 5. The Morgan fingerprint density at radius 2 is 1.83 bits per heavy atom. The zero-order chi connectivity index (χ0) is 21.1. The van der Waals surface area contributed by atoms with Crippen LogP contribution in [0.25, 0.3) is 0 Å². The van der Waals surface area contributed by atoms with Crippen molar-refractivity contribution in [3.05, 3.63) is 69.5 Å². The molecule has 0 atom stereocenters. The summed E-state index contributed by atoms with van der Waals surface area (Å²) in [6.07, 6.45) is 0.508. The Labute approximate surface area is 182 Å². The van der Waals surface area contributed by atoms with Crippen LogP contribution < -0.4 is 10.4 Å². The number of hydrogen-bond donors (Lipinski definition) is 1. The molecule has 0 amide bonds. The minimum atomic E-state index is -0.354. The molecule has 8 nitrogen and oxygen atoms in total. The quantitative estimate of drug-likeness (QED) is 0.633. The topological polar surface area (TPSA) is 104 Å². The maximum absolute atomic E-state index is 11.5. The van der Waals surface area contributed by atoms with Gasteiger partial charge in [-0.2, -0.15) is 25.3 Å². The smallest absolute Gasteiger partial charge is 0.334 e. The highest BCUT2D eigenvalue weighted by Crippen LogP contribution is 2.27. The Hall–Kier alpha value is -3.41. The van der Waals surface area contributed by atoms with Crippen LogP contribution in [0.2, 0.25) is 10.0 Å². The molecule has 10 heteroatoms. The second kappa shape index (κ2) is 8.53. The Balaban J connectivity index is 1.68. The summed E-state index contributed by atoms with van der Waals surface area (Å²) in [6.45, 7) is 0.339. The minimum absolute atomic E-state index is 0.199. The maximum Gasteiger partial charge on any atom is 0.334 e. The van der Waals surface area contributed by atoms with Crippen LogP contribution in [0.1, 0.15) is 23.4 Å². The van der Waals surface area contributed by atoms with Crippen LogP contribution in [0.5, 0.6) is 0 Å². The number of nitrogens with one attached hydrogen (secondary N) is 1. The minimum Gasteiger partial charge on any atom is -0.338 e. The van der Waals surface area contributed by atoms with E-state index in [0.717, 1.165) is 0 Å². The summed E-state index contributed by atoms with van der Waals surface area (Å²) in [5.74, 6) is 0.498. The van der Waals surface area contributed by atoms with E-state index in [4.69, 9.17) is 33.3 Å². The fourth-order valence-corrected chi connectivity index (χ4v) is 3.35. The molecule has 1 aliphatic rings. The number of nitriles is 1. The van der Waals surface area contributed by atoms with E-state index in [-0.39, 0.29) is 30.7 Å². The average Bonchev–Trinajstić information content (AvgIpc) is 3.18. The van der Waals surface area contributed by atoms with Crippen LogP contribution in [0.15, 0.2) is 42.5 Å². The molecule has 0 bridgehead atoms. The zero-order valence-electron chi connectivity index (χ0n) is 15.5. The van der Waals surface area contributed by atoms with Gasteiger partial charge in [0.05, 0.1) is 24.6 Å². The molecular formula is C20H14Cl2N6O2. The highest BCUT2D eigenvalue weighted by molar-refractivity contribution is 6.36. The van der Waals surface area contributed by atoms with E-state index < -0.39 is 0 Å². The lowest BCUT2D eigenvalue weighted by Gasteiger charge is -2.15. The first-order valence-electron chi connectivity index (χ1n) is 8.95. The van der Waals surface area contributed by atoms with Crippen molar-refractivity contribution in [3.63, 3.8) is 0 Å². The summed E-state index contributed by atoms with van der Waals surface area (Å²) in [7, 11) is 0. The monoisotopic (exact) mass is 440 g/mol. The van der Waals surface area contributed by atoms with E-state index in [1.807, 2.05) is 0 Å². The molecule has 150 valence electrons. The molecule has 0 radical (unpaired) electrons. The predicted molar refractivity (Wildman–Crippen MR) is 112 cm³/mol. The summed E-state index contributed by atoms with van der Waals surface area (Å²) in [6, 6.07) is 14.1. The number of hydroxylamine groups is 1. The first-order chi connectivity index (χ1) is 14.5. The van der Waals surface area contributed by atoms with E-state index in [1.54, 1.807) is 42.5 Å². The van der Waals surface area contributed by atoms with Gasteiger partial charge in [-0.15, -0.1) is 0 Å². The predicted octanol–water partition coefficient (Wildman–Crippen LogP) is 4.05. The molecule has 1 N–H and O–H groups in total. The number of anilines is 3. The molecular weight excluding hydrogens is 427 g/mol. The van der Waals surface area contributed by atoms with E-state index >= 15 is 0 Å². The van der Waals surface area contributed by atoms with Gasteiger partial charge >= 0.3 is 5.97 Å². The normalized spacial score (nSPS) is 13.1. The van der Waals surface area contributed by atoms with Crippen molar-refractivity contribution in [1.82, 2.24) is 15.0 Å². The second-order valence-electron chi connectivity index (χ2n) is 6.38. The van der Waals surface area contributed by atoms with E-state index in [9.17, 15) is 4.79 Å². The lowest BCUT2D eigenvalue weighted by molar-refractivity contribution is -0.139. The van der Waals surface area contributed by atoms with Gasteiger partial charge in [-0.25, -0.2) is 4.79 Å². The number of carbonyl (C=O) groups is 1. The summed E-state index contributed by atoms with van der Waals surface area (Å²) in [5, 5.41) is 14.4. The van der Waals surface area contributed by atoms with Gasteiger partial charge in [0.1, 0.15) is 5.82 Å². The standard InChI is InChI=1S/C20H14Cl2N6O2/c21-15-2-1-3-16(22)14(15)10-17-25-19(24-13-6-4-12(11-23)5-7-13)27-20(26-17)28-9-8-18(29)30-28/h1-7H,8-10H2,(H,24,25,26,27). The van der Waals surface area contributed by atoms with E-state index in [0.29, 0.717) is 39.2 Å². The molecule has 0 aliphatic carbocycles. The Bertz CT molecular complexity index is 1130. The first kappa shape index (κ1) is 19.9. The zero-order valence-corrected chi connectivity index (χ0v) is 17.0. The number of hydrogen-bond acceptors (Lipinski definition) is 8. The number of benzene rings is 2. The van der Waals surface area contributed by atoms with Crippen LogP contribution in [0, 0.1) is 11.3 Å². The van der Waals surface area contributed by atoms with Gasteiger partial charge in [0.25, 0.3) is 5.95 Å². The van der Waals surface area contributed by atoms with Crippen molar-refractivity contribution in [3.8, 4) is 6.07 Å². The Morgan fingerprint density at radius 1 is 1.10 bits per heavy atom. The molecule has 0 saturated carbocycles. The molecule has 4 rings (SSSR count). The fourth-order valence-electron chi connectivity index (χ4n) is 2.82. The summed E-state index contributed by atoms with van der Waals surface area (Å²) in [5.41, 5.74) is 1.90. The number of nitrogens with zero attached hydrogens (tertiary/aromatic N) is 5. The van der Waals surface area contributed by atoms with Gasteiger partial charge in [-0.05, 0) is 42.0 Å². The Morgan fingerprint density at radius 3 is 2.47 bits per heavy atom. The van der Waals surface area contributed by atoms with Crippen molar-refractivity contribution >= 4 is 46.8 Å². The molecule has 1 fully saturated rings. The van der Waals surface area contributed by atoms with Gasteiger partial charge < -0.3 is 10.2 Å². The lowest BCUT2D eigenvalue weighted by atomic mass is 10.1. The molecule has 1 aliphatic heterocycles. The third-order valence-corrected chi connectivity index (χ3v) is 5.00. The van der Waals surface area contributed by atoms with Crippen LogP contribution in [-0.2, 0) is 16.1 Å². The third-order valence-electron chi connectivity index (χ3n) is 4.29. The number of aromatic nitrogens is 3. The van der Waals surface area contributed by atoms with Gasteiger partial charge in [0, 0.05) is 22.2 Å². The molecule has 0 unspecified atom stereocenters. The highest BCUT2D eigenvalue weighted by Gasteiger charge is 2.25. The van der Waals surface area contributed by atoms with Crippen molar-refractivity contribution in [2.75, 3.05) is 16.9 Å². The molecule has 1 aromatic heterocycles. The van der Waals surface area contributed by atoms with Gasteiger partial charge in [-0.1, -0.05) is 29.3 Å². The molecule has 2 aromatic carbocycles. The van der Waals surface area contributed by atoms with Crippen LogP contribution in [0.4, 0.5) is 17.6 Å². The van der Waals surface area contributed by atoms with E-state index in [1.165, 1.54) is 5.06 Å². The van der Waals surface area contributed by atoms with Crippen LogP contribution in [0.3, 0.4) is 0 Å². The van der Waals surface area contributed by atoms with Gasteiger partial charge in [0.15, 0.2) is 0 Å². The second-order valence-corrected chi connectivity index (χ2v) is 7.20. The largest absolute Gasteiger partial charge is 0.338 e. The molecule has 30 heavy (non-hydrogen) atoms. The average molecular weight is 441 g/mol. The summed E-state index contributed by atoms with van der Waals surface area (Å²) in [4.78, 5) is 29.9. The number of halogens is 2. The highest BCUT2D eigenvalue weighted by atomic mass is 35.5. The molecule has 3 aromatic rings. The molecule has 1 saturated heterocycles. The van der Waals surface area contributed by atoms with Crippen molar-refractivity contribution in [2.24, 2.45) is 0 Å². The van der Waals surface area contributed by atoms with Gasteiger partial charge in [-0.3, -0.25) is 0 Å². The maximum atomic E-state index is 11.5. The van der Waals surface area contributed by atoms with Crippen molar-refractivity contribution < 1.29 is 9.63 Å². The van der Waals surface area contributed by atoms with E-state index in [2.05, 4.69) is 26.3 Å². The van der Waals surface area contributed by atoms with Gasteiger partial charge in [0.2, 0.25) is 5.95 Å². The van der Waals surface area contributed by atoms with Crippen molar-refractivity contribution in [1.29, 1.82) is 5.26 Å². The summed E-state index contributed by atoms with van der Waals surface area (Å²) < 4.78 is 0. The summed E-state index contributed by atoms with van der Waals surface area (Å²) >= 11 is 12.6. The molecule has 0 spiro atoms. The lowest BCUT2D eigenvalue weighted by Crippen LogP contribution is -2.21. The number of carbonyl (C=O) groups excluding carboxylic acids is 1. The van der Waals surface area contributed by atoms with Crippen LogP contribution >= 0.6 is 23.2 Å². The fraction of sp³-hybridized carbons (Fsp3) is 0.150.